The second-order valence-corrected chi connectivity index (χ2v) is 6.70. The maximum Gasteiger partial charge on any atom is 0.170 e. The number of fused-ring (bicyclic) bond motifs is 1. The summed E-state index contributed by atoms with van der Waals surface area (Å²) in [5.41, 5.74) is 13.0. The minimum absolute atomic E-state index is 0.721. The molecule has 3 N–H and O–H groups in total. The van der Waals surface area contributed by atoms with Crippen molar-refractivity contribution in [3.8, 4) is 22.8 Å². The first kappa shape index (κ1) is 18.3. The molecule has 0 saturated carbocycles. The number of unbranched alkanes of at least 4 members (excludes halogenated alkanes) is 1. The monoisotopic (exact) mass is 352 g/mol. The van der Waals surface area contributed by atoms with Crippen LogP contribution < -0.4 is 15.2 Å². The van der Waals surface area contributed by atoms with Gasteiger partial charge in [0.05, 0.1) is 19.9 Å². The average molecular weight is 352 g/mol. The first-order valence-corrected chi connectivity index (χ1v) is 9.14. The molecule has 3 aromatic rings. The molecular weight excluding hydrogens is 324 g/mol. The predicted molar refractivity (Wildman–Crippen MR) is 108 cm³/mol. The number of methoxy groups -OCH3 is 2. The van der Waals surface area contributed by atoms with E-state index in [-0.39, 0.29) is 0 Å². The van der Waals surface area contributed by atoms with E-state index in [2.05, 4.69) is 37.0 Å². The minimum atomic E-state index is 0.721. The van der Waals surface area contributed by atoms with E-state index >= 15 is 0 Å². The molecule has 1 heterocycles. The Balaban J connectivity index is 2.25. The maximum atomic E-state index is 5.71. The van der Waals surface area contributed by atoms with Crippen molar-refractivity contribution in [2.75, 3.05) is 20.8 Å². The Bertz CT molecular complexity index is 912. The largest absolute Gasteiger partial charge is 0.493 e. The summed E-state index contributed by atoms with van der Waals surface area (Å²) in [6, 6.07) is 10.4. The summed E-state index contributed by atoms with van der Waals surface area (Å²) in [4.78, 5) is 3.68. The first-order valence-electron chi connectivity index (χ1n) is 9.14. The van der Waals surface area contributed by atoms with E-state index in [4.69, 9.17) is 15.2 Å². The lowest BCUT2D eigenvalue weighted by molar-refractivity contribution is 0.356. The van der Waals surface area contributed by atoms with E-state index in [1.165, 1.54) is 27.6 Å². The number of nitrogens with two attached hydrogens (primary N) is 1. The van der Waals surface area contributed by atoms with E-state index in [1.54, 1.807) is 14.2 Å². The van der Waals surface area contributed by atoms with Gasteiger partial charge in [-0.1, -0.05) is 18.2 Å². The van der Waals surface area contributed by atoms with Crippen molar-refractivity contribution in [2.45, 2.75) is 33.1 Å². The fourth-order valence-electron chi connectivity index (χ4n) is 3.58. The molecule has 26 heavy (non-hydrogen) atoms. The van der Waals surface area contributed by atoms with Gasteiger partial charge in [-0.2, -0.15) is 0 Å². The van der Waals surface area contributed by atoms with Gasteiger partial charge in [-0.25, -0.2) is 0 Å². The molecule has 1 aromatic heterocycles. The highest BCUT2D eigenvalue weighted by molar-refractivity contribution is 5.94. The molecule has 0 bridgehead atoms. The van der Waals surface area contributed by atoms with Crippen LogP contribution in [0.25, 0.3) is 22.2 Å². The second-order valence-electron chi connectivity index (χ2n) is 6.70. The number of aromatic nitrogens is 1. The molecule has 2 aromatic carbocycles. The molecule has 0 unspecified atom stereocenters. The zero-order chi connectivity index (χ0) is 18.7. The molecule has 3 rings (SSSR count). The molecule has 0 atom stereocenters. The molecule has 0 radical (unpaired) electrons. The number of aryl methyl sites for hydroxylation is 3. The molecule has 0 saturated heterocycles. The van der Waals surface area contributed by atoms with Crippen molar-refractivity contribution >= 4 is 10.9 Å². The lowest BCUT2D eigenvalue weighted by atomic mass is 9.98. The van der Waals surface area contributed by atoms with Gasteiger partial charge < -0.3 is 20.2 Å². The highest BCUT2D eigenvalue weighted by Crippen LogP contribution is 2.41. The van der Waals surface area contributed by atoms with E-state index in [0.717, 1.165) is 48.6 Å². The molecule has 0 aliphatic carbocycles. The highest BCUT2D eigenvalue weighted by atomic mass is 16.5. The van der Waals surface area contributed by atoms with Gasteiger partial charge in [0.15, 0.2) is 11.5 Å². The van der Waals surface area contributed by atoms with Crippen LogP contribution in [0.3, 0.4) is 0 Å². The Morgan fingerprint density at radius 2 is 1.81 bits per heavy atom. The molecular formula is C22H28N2O2. The summed E-state index contributed by atoms with van der Waals surface area (Å²) >= 11 is 0. The number of hydrogen-bond donors (Lipinski definition) is 2. The van der Waals surface area contributed by atoms with Gasteiger partial charge >= 0.3 is 0 Å². The molecule has 0 fully saturated rings. The topological polar surface area (TPSA) is 60.3 Å². The predicted octanol–water partition coefficient (Wildman–Crippen LogP) is 4.75. The number of H-pyrrole nitrogens is 1. The van der Waals surface area contributed by atoms with Gasteiger partial charge in [0.1, 0.15) is 0 Å². The quantitative estimate of drug-likeness (QED) is 0.603. The first-order chi connectivity index (χ1) is 12.6. The number of benzene rings is 2. The van der Waals surface area contributed by atoms with Gasteiger partial charge in [-0.05, 0) is 68.5 Å². The van der Waals surface area contributed by atoms with Crippen molar-refractivity contribution in [3.05, 3.63) is 47.0 Å². The normalized spacial score (nSPS) is 11.1. The smallest absolute Gasteiger partial charge is 0.170 e. The third kappa shape index (κ3) is 3.17. The Hall–Kier alpha value is -2.46. The van der Waals surface area contributed by atoms with E-state index < -0.39 is 0 Å². The fraction of sp³-hybridized carbons (Fsp3) is 0.364. The number of para-hydroxylation sites is 1. The summed E-state index contributed by atoms with van der Waals surface area (Å²) < 4.78 is 11.2. The fourth-order valence-corrected chi connectivity index (χ4v) is 3.58. The second kappa shape index (κ2) is 7.83. The van der Waals surface area contributed by atoms with Crippen LogP contribution >= 0.6 is 0 Å². The summed E-state index contributed by atoms with van der Waals surface area (Å²) in [6.45, 7) is 5.04. The molecule has 4 heteroatoms. The summed E-state index contributed by atoms with van der Waals surface area (Å²) in [5, 5.41) is 1.28. The van der Waals surface area contributed by atoms with Crippen molar-refractivity contribution in [3.63, 3.8) is 0 Å². The zero-order valence-corrected chi connectivity index (χ0v) is 16.1. The lowest BCUT2D eigenvalue weighted by Gasteiger charge is -2.13. The van der Waals surface area contributed by atoms with E-state index in [9.17, 15) is 0 Å². The van der Waals surface area contributed by atoms with Crippen LogP contribution in [0.5, 0.6) is 11.5 Å². The van der Waals surface area contributed by atoms with Crippen molar-refractivity contribution in [1.82, 2.24) is 4.98 Å². The molecule has 0 spiro atoms. The molecule has 0 amide bonds. The number of hydrogen-bond acceptors (Lipinski definition) is 3. The number of ether oxygens (including phenoxy) is 2. The van der Waals surface area contributed by atoms with Crippen molar-refractivity contribution in [1.29, 1.82) is 0 Å². The molecule has 4 nitrogen and oxygen atoms in total. The zero-order valence-electron chi connectivity index (χ0n) is 16.1. The van der Waals surface area contributed by atoms with Crippen LogP contribution in [0, 0.1) is 13.8 Å². The third-order valence-electron chi connectivity index (χ3n) is 5.17. The Morgan fingerprint density at radius 1 is 1.00 bits per heavy atom. The summed E-state index contributed by atoms with van der Waals surface area (Å²) in [7, 11) is 3.36. The third-order valence-corrected chi connectivity index (χ3v) is 5.17. The van der Waals surface area contributed by atoms with Crippen LogP contribution in [0.4, 0.5) is 0 Å². The Kier molecular flexibility index (Phi) is 5.52. The van der Waals surface area contributed by atoms with Crippen molar-refractivity contribution < 1.29 is 9.47 Å². The lowest BCUT2D eigenvalue weighted by Crippen LogP contribution is -2.00. The minimum Gasteiger partial charge on any atom is -0.493 e. The van der Waals surface area contributed by atoms with Crippen LogP contribution in [0.15, 0.2) is 30.3 Å². The molecule has 0 aliphatic heterocycles. The highest BCUT2D eigenvalue weighted by Gasteiger charge is 2.19. The number of nitrogens with one attached hydrogen (secondary N) is 1. The van der Waals surface area contributed by atoms with Crippen LogP contribution in [-0.2, 0) is 6.42 Å². The maximum absolute atomic E-state index is 5.71. The van der Waals surface area contributed by atoms with Gasteiger partial charge in [0.25, 0.3) is 0 Å². The Morgan fingerprint density at radius 3 is 2.50 bits per heavy atom. The molecule has 0 aliphatic rings. The van der Waals surface area contributed by atoms with E-state index in [0.29, 0.717) is 0 Å². The van der Waals surface area contributed by atoms with Crippen LogP contribution in [0.1, 0.15) is 29.5 Å². The average Bonchev–Trinajstić information content (AvgIpc) is 3.03. The van der Waals surface area contributed by atoms with Gasteiger partial charge in [-0.3, -0.25) is 0 Å². The number of aromatic amines is 1. The summed E-state index contributed by atoms with van der Waals surface area (Å²) in [5.74, 6) is 1.50. The Labute approximate surface area is 155 Å². The standard InChI is InChI=1S/C22H28N2O2/c1-14-11-12-17-16(8-5-6-13-23)21(24-20(17)15(14)2)18-9-7-10-19(25-3)22(18)26-4/h7,9-12,24H,5-6,8,13,23H2,1-4H3. The van der Waals surface area contributed by atoms with Gasteiger partial charge in [0, 0.05) is 16.5 Å². The van der Waals surface area contributed by atoms with Crippen molar-refractivity contribution in [2.24, 2.45) is 5.73 Å². The number of rotatable bonds is 7. The molecule has 138 valence electrons. The van der Waals surface area contributed by atoms with Gasteiger partial charge in [-0.15, -0.1) is 0 Å². The van der Waals surface area contributed by atoms with E-state index in [1.807, 2.05) is 12.1 Å². The SMILES string of the molecule is COc1cccc(-c2[nH]c3c(C)c(C)ccc3c2CCCCN)c1OC. The van der Waals surface area contributed by atoms with Gasteiger partial charge in [0.2, 0.25) is 0 Å². The van der Waals surface area contributed by atoms with Crippen LogP contribution in [-0.4, -0.2) is 25.7 Å². The summed E-state index contributed by atoms with van der Waals surface area (Å²) in [6.07, 6.45) is 3.07. The van der Waals surface area contributed by atoms with Crippen LogP contribution in [0.2, 0.25) is 0 Å².